The molecule has 6 N–H and O–H groups in total. The van der Waals surface area contributed by atoms with Crippen molar-refractivity contribution in [3.05, 3.63) is 77.9 Å². The molecule has 3 rings (SSSR count). The van der Waals surface area contributed by atoms with Crippen LogP contribution >= 0.6 is 0 Å². The number of phenolic OH excluding ortho intramolecular Hbond substituents is 1. The zero-order valence-electron chi connectivity index (χ0n) is 25.0. The first-order valence-corrected chi connectivity index (χ1v) is 14.5. The summed E-state index contributed by atoms with van der Waals surface area (Å²) in [5, 5.41) is 24.3. The number of carbonyl (C=O) groups is 5. The number of nitrogens with two attached hydrogens (primary N) is 1. The van der Waals surface area contributed by atoms with Crippen LogP contribution in [0.25, 0.3) is 0 Å². The van der Waals surface area contributed by atoms with Gasteiger partial charge in [-0.2, -0.15) is 0 Å². The zero-order chi connectivity index (χ0) is 32.2. The van der Waals surface area contributed by atoms with Crippen LogP contribution in [0.2, 0.25) is 0 Å². The molecule has 12 heteroatoms. The van der Waals surface area contributed by atoms with E-state index in [0.29, 0.717) is 0 Å². The van der Waals surface area contributed by atoms with Gasteiger partial charge in [0.15, 0.2) is 0 Å². The molecule has 1 aliphatic rings. The third-order valence-electron chi connectivity index (χ3n) is 7.11. The second-order valence-electron chi connectivity index (χ2n) is 11.3. The standard InChI is InChI=1S/C32H41N5O7/c1-21(2)16-27(32(43)44)35-30(41)26(18-22-8-4-3-5-9-22)34-28(39)19-36-14-6-7-15-37(20-29(36)40)31(42)25(33)17-23-10-12-24(38)13-11-23/h3-13,21,25-27,38H,14-20,33H2,1-2H3,(H,34,39)(H,35,41)(H,43,44)/b7-6-/t25-,26-,27-/m0/s1. The third-order valence-corrected chi connectivity index (χ3v) is 7.11. The summed E-state index contributed by atoms with van der Waals surface area (Å²) in [5.74, 6) is -3.22. The lowest BCUT2D eigenvalue weighted by molar-refractivity contribution is -0.143. The van der Waals surface area contributed by atoms with Crippen LogP contribution in [0.5, 0.6) is 5.75 Å². The second-order valence-corrected chi connectivity index (χ2v) is 11.3. The van der Waals surface area contributed by atoms with Crippen LogP contribution < -0.4 is 16.4 Å². The number of aliphatic carboxylic acids is 1. The molecule has 12 nitrogen and oxygen atoms in total. The summed E-state index contributed by atoms with van der Waals surface area (Å²) in [6.07, 6.45) is 3.93. The van der Waals surface area contributed by atoms with E-state index in [2.05, 4.69) is 10.6 Å². The molecular weight excluding hydrogens is 566 g/mol. The van der Waals surface area contributed by atoms with E-state index in [1.807, 2.05) is 19.9 Å². The minimum absolute atomic E-state index is 0.0126. The Morgan fingerprint density at radius 2 is 1.52 bits per heavy atom. The molecule has 0 unspecified atom stereocenters. The van der Waals surface area contributed by atoms with Crippen molar-refractivity contribution in [2.45, 2.75) is 51.2 Å². The molecule has 0 bridgehead atoms. The van der Waals surface area contributed by atoms with Crippen molar-refractivity contribution in [3.63, 3.8) is 0 Å². The molecule has 3 atom stereocenters. The van der Waals surface area contributed by atoms with E-state index in [4.69, 9.17) is 5.73 Å². The average Bonchev–Trinajstić information content (AvgIpc) is 2.97. The first-order valence-electron chi connectivity index (χ1n) is 14.5. The van der Waals surface area contributed by atoms with Crippen molar-refractivity contribution in [2.24, 2.45) is 11.7 Å². The number of phenols is 1. The van der Waals surface area contributed by atoms with Gasteiger partial charge in [-0.05, 0) is 42.0 Å². The number of rotatable bonds is 13. The predicted octanol–water partition coefficient (Wildman–Crippen LogP) is 0.832. The van der Waals surface area contributed by atoms with E-state index in [-0.39, 0.29) is 57.1 Å². The van der Waals surface area contributed by atoms with Crippen LogP contribution in [-0.2, 0) is 36.8 Å². The number of hydrogen-bond donors (Lipinski definition) is 5. The third kappa shape index (κ3) is 10.5. The minimum Gasteiger partial charge on any atom is -0.508 e. The Bertz CT molecular complexity index is 1330. The molecule has 0 spiro atoms. The van der Waals surface area contributed by atoms with Gasteiger partial charge in [-0.15, -0.1) is 0 Å². The van der Waals surface area contributed by atoms with Gasteiger partial charge in [0.25, 0.3) is 0 Å². The lowest BCUT2D eigenvalue weighted by Crippen LogP contribution is -2.55. The lowest BCUT2D eigenvalue weighted by atomic mass is 10.0. The molecule has 1 heterocycles. The zero-order valence-corrected chi connectivity index (χ0v) is 25.0. The first-order chi connectivity index (χ1) is 20.9. The second kappa shape index (κ2) is 16.2. The Balaban J connectivity index is 1.66. The molecule has 0 saturated carbocycles. The Hall–Kier alpha value is -4.71. The maximum absolute atomic E-state index is 13.2. The maximum atomic E-state index is 13.2. The topological polar surface area (TPSA) is 182 Å². The summed E-state index contributed by atoms with van der Waals surface area (Å²) in [6, 6.07) is 12.2. The number of nitrogens with zero attached hydrogens (tertiary/aromatic N) is 2. The highest BCUT2D eigenvalue weighted by molar-refractivity contribution is 5.93. The van der Waals surface area contributed by atoms with E-state index in [9.17, 15) is 34.2 Å². The van der Waals surface area contributed by atoms with Crippen LogP contribution in [0.1, 0.15) is 31.4 Å². The number of amides is 4. The Morgan fingerprint density at radius 3 is 2.16 bits per heavy atom. The van der Waals surface area contributed by atoms with Gasteiger partial charge in [-0.3, -0.25) is 19.2 Å². The van der Waals surface area contributed by atoms with Gasteiger partial charge < -0.3 is 36.4 Å². The van der Waals surface area contributed by atoms with Crippen LogP contribution in [0.3, 0.4) is 0 Å². The molecule has 2 aromatic rings. The van der Waals surface area contributed by atoms with Crippen LogP contribution in [0.4, 0.5) is 0 Å². The summed E-state index contributed by atoms with van der Waals surface area (Å²) in [7, 11) is 0. The van der Waals surface area contributed by atoms with E-state index in [0.717, 1.165) is 11.1 Å². The Morgan fingerprint density at radius 1 is 0.886 bits per heavy atom. The van der Waals surface area contributed by atoms with Crippen molar-refractivity contribution in [1.82, 2.24) is 20.4 Å². The summed E-state index contributed by atoms with van der Waals surface area (Å²) in [5.41, 5.74) is 7.66. The number of aromatic hydroxyl groups is 1. The van der Waals surface area contributed by atoms with E-state index < -0.39 is 47.7 Å². The lowest BCUT2D eigenvalue weighted by Gasteiger charge is -2.30. The molecule has 0 saturated heterocycles. The monoisotopic (exact) mass is 607 g/mol. The van der Waals surface area contributed by atoms with E-state index in [1.54, 1.807) is 48.6 Å². The summed E-state index contributed by atoms with van der Waals surface area (Å²) in [4.78, 5) is 67.0. The molecule has 0 aromatic heterocycles. The van der Waals surface area contributed by atoms with Gasteiger partial charge in [-0.1, -0.05) is 68.5 Å². The smallest absolute Gasteiger partial charge is 0.326 e. The predicted molar refractivity (Wildman–Crippen MR) is 163 cm³/mol. The van der Waals surface area contributed by atoms with Crippen molar-refractivity contribution < 1.29 is 34.2 Å². The first kappa shape index (κ1) is 33.8. The summed E-state index contributed by atoms with van der Waals surface area (Å²) < 4.78 is 0. The molecular formula is C32H41N5O7. The highest BCUT2D eigenvalue weighted by Crippen LogP contribution is 2.13. The van der Waals surface area contributed by atoms with Crippen molar-refractivity contribution in [1.29, 1.82) is 0 Å². The molecule has 2 aromatic carbocycles. The highest BCUT2D eigenvalue weighted by atomic mass is 16.4. The average molecular weight is 608 g/mol. The van der Waals surface area contributed by atoms with Gasteiger partial charge in [0, 0.05) is 19.5 Å². The normalized spacial score (nSPS) is 16.3. The van der Waals surface area contributed by atoms with Crippen LogP contribution in [0.15, 0.2) is 66.7 Å². The van der Waals surface area contributed by atoms with Gasteiger partial charge in [0.2, 0.25) is 23.6 Å². The fourth-order valence-corrected chi connectivity index (χ4v) is 4.80. The Labute approximate surface area is 256 Å². The van der Waals surface area contributed by atoms with Gasteiger partial charge >= 0.3 is 5.97 Å². The van der Waals surface area contributed by atoms with Gasteiger partial charge in [0.05, 0.1) is 12.6 Å². The van der Waals surface area contributed by atoms with Crippen molar-refractivity contribution in [3.8, 4) is 5.75 Å². The van der Waals surface area contributed by atoms with Crippen molar-refractivity contribution >= 4 is 29.6 Å². The minimum atomic E-state index is -1.17. The number of nitrogens with one attached hydrogen (secondary N) is 2. The molecule has 44 heavy (non-hydrogen) atoms. The quantitative estimate of drug-likeness (QED) is 0.208. The molecule has 0 aliphatic carbocycles. The highest BCUT2D eigenvalue weighted by Gasteiger charge is 2.30. The van der Waals surface area contributed by atoms with Crippen LogP contribution in [-0.4, -0.2) is 93.9 Å². The number of hydrogen-bond acceptors (Lipinski definition) is 7. The molecule has 0 radical (unpaired) electrons. The Kier molecular flexibility index (Phi) is 12.5. The SMILES string of the molecule is CC(C)C[C@H](NC(=O)[C@H](Cc1ccccc1)NC(=O)CN1C/C=C\CN(C(=O)[C@@H](N)Cc2ccc(O)cc2)CC1=O)C(=O)O. The molecule has 1 aliphatic heterocycles. The molecule has 236 valence electrons. The summed E-state index contributed by atoms with van der Waals surface area (Å²) in [6.45, 7) is 3.32. The maximum Gasteiger partial charge on any atom is 0.326 e. The number of benzene rings is 2. The number of carboxylic acid groups (broad SMARTS) is 1. The van der Waals surface area contributed by atoms with Crippen LogP contribution in [0, 0.1) is 5.92 Å². The number of carbonyl (C=O) groups excluding carboxylic acids is 4. The van der Waals surface area contributed by atoms with E-state index in [1.165, 1.54) is 21.9 Å². The largest absolute Gasteiger partial charge is 0.508 e. The fourth-order valence-electron chi connectivity index (χ4n) is 4.80. The number of carboxylic acids is 1. The van der Waals surface area contributed by atoms with E-state index >= 15 is 0 Å². The van der Waals surface area contributed by atoms with Gasteiger partial charge in [-0.25, -0.2) is 4.79 Å². The molecule has 0 fully saturated rings. The van der Waals surface area contributed by atoms with Crippen molar-refractivity contribution in [2.75, 3.05) is 26.2 Å². The molecule has 4 amide bonds. The fraction of sp³-hybridized carbons (Fsp3) is 0.406. The summed E-state index contributed by atoms with van der Waals surface area (Å²) >= 11 is 0. The van der Waals surface area contributed by atoms with Gasteiger partial charge in [0.1, 0.15) is 24.4 Å².